The van der Waals surface area contributed by atoms with Gasteiger partial charge in [0.25, 0.3) is 17.5 Å². The molecule has 0 saturated carbocycles. The van der Waals surface area contributed by atoms with E-state index in [1.165, 1.54) is 24.3 Å². The molecule has 3 aromatic rings. The van der Waals surface area contributed by atoms with Gasteiger partial charge in [0.05, 0.1) is 10.5 Å². The third-order valence-electron chi connectivity index (χ3n) is 4.90. The number of anilines is 1. The number of fused-ring (bicyclic) bond motifs is 1. The van der Waals surface area contributed by atoms with Gasteiger partial charge in [0.15, 0.2) is 0 Å². The second-order valence-corrected chi connectivity index (χ2v) is 6.56. The maximum atomic E-state index is 12.9. The minimum Gasteiger partial charge on any atom is -0.350 e. The fraction of sp³-hybridized carbons (Fsp3) is 0.0909. The zero-order valence-electron chi connectivity index (χ0n) is 15.6. The summed E-state index contributed by atoms with van der Waals surface area (Å²) in [6.45, 7) is 1.96. The molecule has 0 saturated heterocycles. The van der Waals surface area contributed by atoms with Crippen molar-refractivity contribution in [2.45, 2.75) is 6.92 Å². The van der Waals surface area contributed by atoms with Crippen molar-refractivity contribution in [3.8, 4) is 0 Å². The van der Waals surface area contributed by atoms with Crippen molar-refractivity contribution in [3.63, 3.8) is 0 Å². The number of hydrogen-bond donors (Lipinski definition) is 1. The topological polar surface area (TPSA) is 92.6 Å². The lowest BCUT2D eigenvalue weighted by atomic mass is 10.0. The second kappa shape index (κ2) is 7.20. The summed E-state index contributed by atoms with van der Waals surface area (Å²) in [7, 11) is 0. The Labute approximate surface area is 166 Å². The highest BCUT2D eigenvalue weighted by Gasteiger charge is 2.38. The van der Waals surface area contributed by atoms with Gasteiger partial charge in [0.2, 0.25) is 0 Å². The van der Waals surface area contributed by atoms with Crippen molar-refractivity contribution in [1.29, 1.82) is 0 Å². The van der Waals surface area contributed by atoms with Gasteiger partial charge in [-0.05, 0) is 36.1 Å². The van der Waals surface area contributed by atoms with E-state index in [9.17, 15) is 19.7 Å². The number of carbonyl (C=O) groups is 2. The highest BCUT2D eigenvalue weighted by molar-refractivity contribution is 6.36. The SMILES string of the molecule is CCN1C(=O)C(Nc2cccc3ccccc23)=C(c2ccc([N+](=O)[O-])cc2)C1=O. The normalized spacial score (nSPS) is 14.0. The third-order valence-corrected chi connectivity index (χ3v) is 4.90. The van der Waals surface area contributed by atoms with Crippen molar-refractivity contribution >= 4 is 39.5 Å². The summed E-state index contributed by atoms with van der Waals surface area (Å²) in [4.78, 5) is 37.4. The number of imide groups is 1. The largest absolute Gasteiger partial charge is 0.350 e. The summed E-state index contributed by atoms with van der Waals surface area (Å²) in [5.74, 6) is -0.840. The van der Waals surface area contributed by atoms with Crippen LogP contribution in [0.3, 0.4) is 0 Å². The molecule has 0 fully saturated rings. The minimum atomic E-state index is -0.507. The average molecular weight is 387 g/mol. The van der Waals surface area contributed by atoms with E-state index in [2.05, 4.69) is 5.32 Å². The Morgan fingerprint density at radius 1 is 0.931 bits per heavy atom. The molecule has 1 N–H and O–H groups in total. The fourth-order valence-electron chi connectivity index (χ4n) is 3.47. The van der Waals surface area contributed by atoms with Crippen molar-refractivity contribution < 1.29 is 14.5 Å². The highest BCUT2D eigenvalue weighted by atomic mass is 16.6. The lowest BCUT2D eigenvalue weighted by Crippen LogP contribution is -2.32. The fourth-order valence-corrected chi connectivity index (χ4v) is 3.47. The molecule has 7 heteroatoms. The van der Waals surface area contributed by atoms with E-state index in [-0.39, 0.29) is 23.5 Å². The molecule has 3 aromatic carbocycles. The van der Waals surface area contributed by atoms with Gasteiger partial charge in [0.1, 0.15) is 5.70 Å². The molecule has 0 bridgehead atoms. The molecule has 0 atom stereocenters. The maximum absolute atomic E-state index is 12.9. The number of rotatable bonds is 5. The van der Waals surface area contributed by atoms with Gasteiger partial charge in [-0.3, -0.25) is 24.6 Å². The lowest BCUT2D eigenvalue weighted by molar-refractivity contribution is -0.384. The van der Waals surface area contributed by atoms with E-state index in [1.807, 2.05) is 42.5 Å². The number of likely N-dealkylation sites (N-methyl/N-ethyl adjacent to an activating group) is 1. The number of hydrogen-bond acceptors (Lipinski definition) is 5. The van der Waals surface area contributed by atoms with Crippen LogP contribution in [0.1, 0.15) is 12.5 Å². The van der Waals surface area contributed by atoms with Crippen LogP contribution >= 0.6 is 0 Å². The second-order valence-electron chi connectivity index (χ2n) is 6.56. The summed E-state index contributed by atoms with van der Waals surface area (Å²) in [5, 5.41) is 16.0. The van der Waals surface area contributed by atoms with Crippen molar-refractivity contribution in [1.82, 2.24) is 4.90 Å². The van der Waals surface area contributed by atoms with E-state index >= 15 is 0 Å². The Kier molecular flexibility index (Phi) is 4.56. The molecule has 1 heterocycles. The van der Waals surface area contributed by atoms with Crippen LogP contribution in [0.15, 0.2) is 72.4 Å². The van der Waals surface area contributed by atoms with Gasteiger partial charge in [-0.15, -0.1) is 0 Å². The smallest absolute Gasteiger partial charge is 0.278 e. The molecule has 0 unspecified atom stereocenters. The van der Waals surface area contributed by atoms with Crippen molar-refractivity contribution in [2.75, 3.05) is 11.9 Å². The predicted octanol–water partition coefficient (Wildman–Crippen LogP) is 3.96. The zero-order chi connectivity index (χ0) is 20.5. The number of benzene rings is 3. The van der Waals surface area contributed by atoms with E-state index in [1.54, 1.807) is 6.92 Å². The molecule has 0 aromatic heterocycles. The number of nitrogens with zero attached hydrogens (tertiary/aromatic N) is 2. The first-order valence-electron chi connectivity index (χ1n) is 9.11. The first-order chi connectivity index (χ1) is 14.0. The van der Waals surface area contributed by atoms with Crippen LogP contribution in [0.25, 0.3) is 16.3 Å². The van der Waals surface area contributed by atoms with E-state index in [0.29, 0.717) is 11.3 Å². The monoisotopic (exact) mass is 387 g/mol. The summed E-state index contributed by atoms with van der Waals surface area (Å²) >= 11 is 0. The number of amides is 2. The Morgan fingerprint density at radius 3 is 2.31 bits per heavy atom. The van der Waals surface area contributed by atoms with Gasteiger partial charge in [-0.2, -0.15) is 0 Å². The Balaban J connectivity index is 1.84. The molecular weight excluding hydrogens is 370 g/mol. The van der Waals surface area contributed by atoms with Crippen LogP contribution in [0.2, 0.25) is 0 Å². The van der Waals surface area contributed by atoms with Gasteiger partial charge in [-0.1, -0.05) is 36.4 Å². The average Bonchev–Trinajstić information content (AvgIpc) is 2.97. The van der Waals surface area contributed by atoms with Crippen LogP contribution in [0.5, 0.6) is 0 Å². The Morgan fingerprint density at radius 2 is 1.62 bits per heavy atom. The standard InChI is InChI=1S/C22H17N3O4/c1-2-24-21(26)19(15-10-12-16(13-11-15)25(28)29)20(22(24)27)23-18-9-5-7-14-6-3-4-8-17(14)18/h3-13,23H,2H2,1H3. The molecule has 0 aliphatic carbocycles. The first kappa shape index (κ1) is 18.4. The van der Waals surface area contributed by atoms with Crippen LogP contribution in [-0.4, -0.2) is 28.2 Å². The summed E-state index contributed by atoms with van der Waals surface area (Å²) < 4.78 is 0. The van der Waals surface area contributed by atoms with Gasteiger partial charge in [0, 0.05) is 29.8 Å². The lowest BCUT2D eigenvalue weighted by Gasteiger charge is -2.13. The van der Waals surface area contributed by atoms with Crippen LogP contribution < -0.4 is 5.32 Å². The van der Waals surface area contributed by atoms with Gasteiger partial charge in [-0.25, -0.2) is 0 Å². The molecule has 1 aliphatic heterocycles. The molecular formula is C22H17N3O4. The summed E-state index contributed by atoms with van der Waals surface area (Å²) in [5.41, 5.74) is 1.45. The molecule has 4 rings (SSSR count). The number of nitrogens with one attached hydrogen (secondary N) is 1. The molecule has 29 heavy (non-hydrogen) atoms. The quantitative estimate of drug-likeness (QED) is 0.406. The first-order valence-corrected chi connectivity index (χ1v) is 9.11. The number of nitro groups is 1. The van der Waals surface area contributed by atoms with Crippen LogP contribution in [0.4, 0.5) is 11.4 Å². The maximum Gasteiger partial charge on any atom is 0.278 e. The van der Waals surface area contributed by atoms with Gasteiger partial charge >= 0.3 is 0 Å². The number of nitro benzene ring substituents is 1. The summed E-state index contributed by atoms with van der Waals surface area (Å²) in [6.07, 6.45) is 0. The Bertz CT molecular complexity index is 1180. The summed E-state index contributed by atoms with van der Waals surface area (Å²) in [6, 6.07) is 19.0. The number of carbonyl (C=O) groups excluding carboxylic acids is 2. The van der Waals surface area contributed by atoms with E-state index in [4.69, 9.17) is 0 Å². The van der Waals surface area contributed by atoms with Gasteiger partial charge < -0.3 is 5.32 Å². The van der Waals surface area contributed by atoms with E-state index in [0.717, 1.165) is 15.7 Å². The third kappa shape index (κ3) is 3.12. The molecule has 0 spiro atoms. The van der Waals surface area contributed by atoms with Crippen molar-refractivity contribution in [3.05, 3.63) is 88.1 Å². The predicted molar refractivity (Wildman–Crippen MR) is 110 cm³/mol. The van der Waals surface area contributed by atoms with Crippen LogP contribution in [-0.2, 0) is 9.59 Å². The molecule has 144 valence electrons. The van der Waals surface area contributed by atoms with E-state index < -0.39 is 16.7 Å². The Hall–Kier alpha value is -4.00. The molecule has 2 amide bonds. The van der Waals surface area contributed by atoms with Crippen molar-refractivity contribution in [2.24, 2.45) is 0 Å². The highest BCUT2D eigenvalue weighted by Crippen LogP contribution is 2.33. The molecule has 0 radical (unpaired) electrons. The molecule has 1 aliphatic rings. The molecule has 7 nitrogen and oxygen atoms in total. The number of non-ortho nitro benzene ring substituents is 1. The minimum absolute atomic E-state index is 0.0815. The zero-order valence-corrected chi connectivity index (χ0v) is 15.6. The van der Waals surface area contributed by atoms with Crippen LogP contribution in [0, 0.1) is 10.1 Å².